The molecule has 0 spiro atoms. The standard InChI is InChI=1S/C12H16N2OS/c1-3-14(8-11(13)16)12(15)10-7-5-4-6-9(10)2/h4-7H,3,8H2,1-2H3,(H2,13,16). The summed E-state index contributed by atoms with van der Waals surface area (Å²) in [6.45, 7) is 4.76. The normalized spacial score (nSPS) is 9.88. The molecule has 4 heteroatoms. The van der Waals surface area contributed by atoms with E-state index in [9.17, 15) is 4.79 Å². The van der Waals surface area contributed by atoms with Gasteiger partial charge >= 0.3 is 0 Å². The molecule has 0 bridgehead atoms. The maximum absolute atomic E-state index is 12.1. The number of likely N-dealkylation sites (N-methyl/N-ethyl adjacent to an activating group) is 1. The van der Waals surface area contributed by atoms with Crippen LogP contribution in [0.2, 0.25) is 0 Å². The van der Waals surface area contributed by atoms with Gasteiger partial charge in [-0.3, -0.25) is 4.79 Å². The number of benzene rings is 1. The predicted octanol–water partition coefficient (Wildman–Crippen LogP) is 1.74. The molecule has 0 aliphatic carbocycles. The highest BCUT2D eigenvalue weighted by Gasteiger charge is 2.15. The Bertz CT molecular complexity index is 404. The SMILES string of the molecule is CCN(CC(N)=S)C(=O)c1ccccc1C. The number of amides is 1. The lowest BCUT2D eigenvalue weighted by atomic mass is 10.1. The lowest BCUT2D eigenvalue weighted by Crippen LogP contribution is -2.37. The van der Waals surface area contributed by atoms with Crippen molar-refractivity contribution in [3.63, 3.8) is 0 Å². The van der Waals surface area contributed by atoms with Crippen LogP contribution in [-0.2, 0) is 0 Å². The molecule has 0 heterocycles. The first kappa shape index (κ1) is 12.6. The molecule has 0 aliphatic rings. The molecule has 1 aromatic rings. The Morgan fingerprint density at radius 3 is 2.56 bits per heavy atom. The zero-order valence-electron chi connectivity index (χ0n) is 9.56. The van der Waals surface area contributed by atoms with Gasteiger partial charge in [-0.1, -0.05) is 30.4 Å². The Balaban J connectivity index is 2.91. The third kappa shape index (κ3) is 3.03. The second-order valence-electron chi connectivity index (χ2n) is 3.60. The Hall–Kier alpha value is -1.42. The molecular formula is C12H16N2OS. The highest BCUT2D eigenvalue weighted by atomic mass is 32.1. The second kappa shape index (κ2) is 5.61. The summed E-state index contributed by atoms with van der Waals surface area (Å²) in [6.07, 6.45) is 0. The number of nitrogens with two attached hydrogens (primary N) is 1. The quantitative estimate of drug-likeness (QED) is 0.810. The Kier molecular flexibility index (Phi) is 4.43. The van der Waals surface area contributed by atoms with E-state index in [4.69, 9.17) is 18.0 Å². The molecule has 0 aromatic heterocycles. The number of hydrogen-bond acceptors (Lipinski definition) is 2. The average Bonchev–Trinajstić information content (AvgIpc) is 2.25. The molecule has 1 amide bonds. The molecule has 0 radical (unpaired) electrons. The molecule has 0 saturated carbocycles. The van der Waals surface area contributed by atoms with Crippen molar-refractivity contribution in [3.8, 4) is 0 Å². The van der Waals surface area contributed by atoms with Gasteiger partial charge in [-0.05, 0) is 25.5 Å². The van der Waals surface area contributed by atoms with Crippen LogP contribution in [0.1, 0.15) is 22.8 Å². The van der Waals surface area contributed by atoms with E-state index < -0.39 is 0 Å². The van der Waals surface area contributed by atoms with Crippen LogP contribution >= 0.6 is 12.2 Å². The predicted molar refractivity (Wildman–Crippen MR) is 69.5 cm³/mol. The molecule has 3 nitrogen and oxygen atoms in total. The molecule has 0 atom stereocenters. The fourth-order valence-corrected chi connectivity index (χ4v) is 1.65. The fourth-order valence-electron chi connectivity index (χ4n) is 1.50. The van der Waals surface area contributed by atoms with Crippen molar-refractivity contribution in [1.82, 2.24) is 4.90 Å². The summed E-state index contributed by atoms with van der Waals surface area (Å²) in [5, 5.41) is 0. The first-order valence-corrected chi connectivity index (χ1v) is 5.60. The highest BCUT2D eigenvalue weighted by molar-refractivity contribution is 7.80. The second-order valence-corrected chi connectivity index (χ2v) is 4.12. The topological polar surface area (TPSA) is 46.3 Å². The largest absolute Gasteiger partial charge is 0.392 e. The molecule has 16 heavy (non-hydrogen) atoms. The Labute approximate surface area is 101 Å². The van der Waals surface area contributed by atoms with E-state index in [1.54, 1.807) is 4.90 Å². The number of carbonyl (C=O) groups is 1. The minimum Gasteiger partial charge on any atom is -0.392 e. The molecule has 0 unspecified atom stereocenters. The smallest absolute Gasteiger partial charge is 0.254 e. The Morgan fingerprint density at radius 1 is 1.44 bits per heavy atom. The van der Waals surface area contributed by atoms with E-state index in [1.807, 2.05) is 38.1 Å². The van der Waals surface area contributed by atoms with Crippen molar-refractivity contribution < 1.29 is 4.79 Å². The zero-order valence-corrected chi connectivity index (χ0v) is 10.4. The minimum absolute atomic E-state index is 0.0200. The highest BCUT2D eigenvalue weighted by Crippen LogP contribution is 2.10. The summed E-state index contributed by atoms with van der Waals surface area (Å²) in [5.41, 5.74) is 7.14. The number of thiocarbonyl (C=S) groups is 1. The molecule has 0 saturated heterocycles. The molecule has 0 fully saturated rings. The molecule has 0 aliphatic heterocycles. The average molecular weight is 236 g/mol. The summed E-state index contributed by atoms with van der Waals surface area (Å²) < 4.78 is 0. The van der Waals surface area contributed by atoms with Gasteiger partial charge in [-0.2, -0.15) is 0 Å². The molecule has 86 valence electrons. The third-order valence-electron chi connectivity index (χ3n) is 2.39. The van der Waals surface area contributed by atoms with Crippen molar-refractivity contribution in [2.75, 3.05) is 13.1 Å². The van der Waals surface area contributed by atoms with Gasteiger partial charge in [-0.25, -0.2) is 0 Å². The van der Waals surface area contributed by atoms with E-state index in [1.165, 1.54) is 0 Å². The van der Waals surface area contributed by atoms with E-state index >= 15 is 0 Å². The number of rotatable bonds is 4. The van der Waals surface area contributed by atoms with E-state index in [-0.39, 0.29) is 5.91 Å². The molecular weight excluding hydrogens is 220 g/mol. The van der Waals surface area contributed by atoms with Gasteiger partial charge in [0.25, 0.3) is 5.91 Å². The van der Waals surface area contributed by atoms with Crippen LogP contribution in [0.15, 0.2) is 24.3 Å². The number of carbonyl (C=O) groups excluding carboxylic acids is 1. The summed E-state index contributed by atoms with van der Waals surface area (Å²) >= 11 is 4.82. The summed E-state index contributed by atoms with van der Waals surface area (Å²) in [4.78, 5) is 14.1. The number of nitrogens with zero attached hydrogens (tertiary/aromatic N) is 1. The van der Waals surface area contributed by atoms with Crippen LogP contribution in [0.4, 0.5) is 0 Å². The van der Waals surface area contributed by atoms with E-state index in [0.29, 0.717) is 23.6 Å². The number of hydrogen-bond donors (Lipinski definition) is 1. The van der Waals surface area contributed by atoms with Crippen LogP contribution in [0.25, 0.3) is 0 Å². The van der Waals surface area contributed by atoms with Gasteiger partial charge in [0.15, 0.2) is 0 Å². The lowest BCUT2D eigenvalue weighted by Gasteiger charge is -2.20. The van der Waals surface area contributed by atoms with E-state index in [2.05, 4.69) is 0 Å². The molecule has 1 rings (SSSR count). The van der Waals surface area contributed by atoms with Crippen LogP contribution in [0.5, 0.6) is 0 Å². The molecule has 2 N–H and O–H groups in total. The van der Waals surface area contributed by atoms with Gasteiger partial charge in [0.2, 0.25) is 0 Å². The fraction of sp³-hybridized carbons (Fsp3) is 0.333. The summed E-state index contributed by atoms with van der Waals surface area (Å²) in [7, 11) is 0. The van der Waals surface area contributed by atoms with Crippen molar-refractivity contribution in [1.29, 1.82) is 0 Å². The van der Waals surface area contributed by atoms with Gasteiger partial charge in [0, 0.05) is 12.1 Å². The first-order valence-electron chi connectivity index (χ1n) is 5.19. The first-order chi connectivity index (χ1) is 7.56. The number of aryl methyl sites for hydroxylation is 1. The van der Waals surface area contributed by atoms with Gasteiger partial charge in [0.1, 0.15) is 0 Å². The van der Waals surface area contributed by atoms with Crippen LogP contribution < -0.4 is 5.73 Å². The Morgan fingerprint density at radius 2 is 2.06 bits per heavy atom. The van der Waals surface area contributed by atoms with Gasteiger partial charge < -0.3 is 10.6 Å². The maximum Gasteiger partial charge on any atom is 0.254 e. The lowest BCUT2D eigenvalue weighted by molar-refractivity contribution is 0.0787. The van der Waals surface area contributed by atoms with Gasteiger partial charge in [0.05, 0.1) is 11.5 Å². The molecule has 1 aromatic carbocycles. The van der Waals surface area contributed by atoms with Gasteiger partial charge in [-0.15, -0.1) is 0 Å². The van der Waals surface area contributed by atoms with Crippen molar-refractivity contribution in [3.05, 3.63) is 35.4 Å². The summed E-state index contributed by atoms with van der Waals surface area (Å²) in [5.74, 6) is -0.0200. The van der Waals surface area contributed by atoms with Crippen LogP contribution in [-0.4, -0.2) is 28.9 Å². The van der Waals surface area contributed by atoms with Crippen molar-refractivity contribution >= 4 is 23.1 Å². The zero-order chi connectivity index (χ0) is 12.1. The maximum atomic E-state index is 12.1. The van der Waals surface area contributed by atoms with Crippen LogP contribution in [0.3, 0.4) is 0 Å². The van der Waals surface area contributed by atoms with Crippen molar-refractivity contribution in [2.24, 2.45) is 5.73 Å². The monoisotopic (exact) mass is 236 g/mol. The van der Waals surface area contributed by atoms with E-state index in [0.717, 1.165) is 5.56 Å². The third-order valence-corrected chi connectivity index (χ3v) is 2.52. The van der Waals surface area contributed by atoms with Crippen LogP contribution in [0, 0.1) is 6.92 Å². The summed E-state index contributed by atoms with van der Waals surface area (Å²) in [6, 6.07) is 7.51. The van der Waals surface area contributed by atoms with Crippen molar-refractivity contribution in [2.45, 2.75) is 13.8 Å². The minimum atomic E-state index is -0.0200.